The van der Waals surface area contributed by atoms with Gasteiger partial charge in [-0.05, 0) is 58.2 Å². The predicted octanol–water partition coefficient (Wildman–Crippen LogP) is 5.82. The number of amides is 1. The van der Waals surface area contributed by atoms with Gasteiger partial charge in [-0.3, -0.25) is 4.90 Å². The van der Waals surface area contributed by atoms with E-state index in [4.69, 9.17) is 9.15 Å². The number of hydrogen-bond donors (Lipinski definition) is 0. The van der Waals surface area contributed by atoms with Gasteiger partial charge in [-0.15, -0.1) is 11.3 Å². The number of thiazole rings is 1. The summed E-state index contributed by atoms with van der Waals surface area (Å²) in [6.07, 6.45) is 2.82. The molecular formula is C24H26FN3O5S. The average molecular weight is 488 g/mol. The molecule has 180 valence electrons. The van der Waals surface area contributed by atoms with Crippen LogP contribution in [0.1, 0.15) is 63.3 Å². The normalized spacial score (nSPS) is 11.3. The Kier molecular flexibility index (Phi) is 7.93. The zero-order valence-corrected chi connectivity index (χ0v) is 20.3. The molecule has 0 spiro atoms. The highest BCUT2D eigenvalue weighted by atomic mass is 32.1. The smallest absolute Gasteiger partial charge is 0.424 e. The third-order valence-corrected chi connectivity index (χ3v) is 5.69. The number of aromatic nitrogens is 2. The number of aryl methyl sites for hydroxylation is 1. The average Bonchev–Trinajstić information content (AvgIpc) is 3.40. The van der Waals surface area contributed by atoms with E-state index >= 15 is 0 Å². The van der Waals surface area contributed by atoms with Crippen molar-refractivity contribution in [1.29, 1.82) is 0 Å². The van der Waals surface area contributed by atoms with Gasteiger partial charge in [0.1, 0.15) is 17.9 Å². The molecule has 0 aliphatic rings. The molecule has 0 N–H and O–H groups in total. The fourth-order valence-electron chi connectivity index (χ4n) is 3.28. The third kappa shape index (κ3) is 6.34. The highest BCUT2D eigenvalue weighted by Crippen LogP contribution is 2.30. The summed E-state index contributed by atoms with van der Waals surface area (Å²) in [5.74, 6) is -0.661. The molecule has 10 heteroatoms. The summed E-state index contributed by atoms with van der Waals surface area (Å²) in [5.41, 5.74) is 1.02. The molecule has 0 unspecified atom stereocenters. The van der Waals surface area contributed by atoms with Crippen molar-refractivity contribution in [2.45, 2.75) is 58.9 Å². The minimum absolute atomic E-state index is 0.0795. The Morgan fingerprint density at radius 2 is 1.97 bits per heavy atom. The van der Waals surface area contributed by atoms with E-state index < -0.39 is 23.4 Å². The van der Waals surface area contributed by atoms with Crippen LogP contribution in [0.4, 0.5) is 15.0 Å². The minimum atomic E-state index is -0.951. The van der Waals surface area contributed by atoms with E-state index in [1.807, 2.05) is 0 Å². The van der Waals surface area contributed by atoms with Crippen LogP contribution in [0, 0.1) is 5.82 Å². The molecule has 0 radical (unpaired) electrons. The Morgan fingerprint density at radius 3 is 2.65 bits per heavy atom. The maximum Gasteiger partial charge on any atom is 0.424 e. The molecule has 1 aromatic carbocycles. The van der Waals surface area contributed by atoms with E-state index in [-0.39, 0.29) is 17.3 Å². The predicted molar refractivity (Wildman–Crippen MR) is 125 cm³/mol. The van der Waals surface area contributed by atoms with Gasteiger partial charge in [0.05, 0.1) is 10.4 Å². The number of esters is 1. The van der Waals surface area contributed by atoms with Gasteiger partial charge in [0.25, 0.3) is 0 Å². The molecule has 2 heterocycles. The number of carbonyl (C=O) groups is 3. The van der Waals surface area contributed by atoms with E-state index in [0.29, 0.717) is 42.0 Å². The summed E-state index contributed by atoms with van der Waals surface area (Å²) in [5, 5.41) is 0. The van der Waals surface area contributed by atoms with Crippen molar-refractivity contribution in [3.05, 3.63) is 53.4 Å². The summed E-state index contributed by atoms with van der Waals surface area (Å²) >= 11 is 1.14. The molecule has 0 aliphatic carbocycles. The Hall–Kier alpha value is -3.40. The molecule has 0 bridgehead atoms. The molecule has 0 atom stereocenters. The maximum atomic E-state index is 13.6. The number of ketones is 1. The van der Waals surface area contributed by atoms with Crippen LogP contribution in [0.25, 0.3) is 10.4 Å². The van der Waals surface area contributed by atoms with Gasteiger partial charge < -0.3 is 13.9 Å². The van der Waals surface area contributed by atoms with Crippen LogP contribution in [0.3, 0.4) is 0 Å². The van der Waals surface area contributed by atoms with Gasteiger partial charge in [0.2, 0.25) is 0 Å². The number of rotatable bonds is 8. The second kappa shape index (κ2) is 10.7. The van der Waals surface area contributed by atoms with Crippen LogP contribution in [-0.4, -0.2) is 33.4 Å². The summed E-state index contributed by atoms with van der Waals surface area (Å²) in [6.45, 7) is 6.84. The number of nitrogens with zero attached hydrogens (tertiary/aromatic N) is 3. The monoisotopic (exact) mass is 487 g/mol. The molecule has 8 nitrogen and oxygen atoms in total. The highest BCUT2D eigenvalue weighted by molar-refractivity contribution is 7.13. The number of hydrogen-bond acceptors (Lipinski definition) is 8. The van der Waals surface area contributed by atoms with Crippen LogP contribution in [0.15, 0.2) is 40.5 Å². The van der Waals surface area contributed by atoms with Crippen molar-refractivity contribution in [2.24, 2.45) is 0 Å². The Morgan fingerprint density at radius 1 is 1.21 bits per heavy atom. The lowest BCUT2D eigenvalue weighted by Gasteiger charge is -2.31. The number of unbranched alkanes of at least 4 members (excludes halogenated alkanes) is 1. The lowest BCUT2D eigenvalue weighted by atomic mass is 10.1. The zero-order valence-electron chi connectivity index (χ0n) is 19.5. The largest absolute Gasteiger partial charge is 0.447 e. The highest BCUT2D eigenvalue weighted by Gasteiger charge is 2.34. The van der Waals surface area contributed by atoms with Gasteiger partial charge in [-0.25, -0.2) is 19.0 Å². The van der Waals surface area contributed by atoms with Gasteiger partial charge in [0, 0.05) is 18.4 Å². The quantitative estimate of drug-likeness (QED) is 0.224. The fourth-order valence-corrected chi connectivity index (χ4v) is 4.05. The van der Waals surface area contributed by atoms with Crippen molar-refractivity contribution in [2.75, 3.05) is 4.90 Å². The molecular weight excluding hydrogens is 461 g/mol. The molecule has 3 aromatic rings. The van der Waals surface area contributed by atoms with Crippen LogP contribution in [-0.2, 0) is 16.0 Å². The molecule has 0 saturated heterocycles. The number of Topliss-reactive ketones (excluding diaryl/α,β-unsaturated/α-hetero) is 1. The SMILES string of the molecule is CC(=O)CCCCc1nc(N(C(=O)OC(=O)c2ncsc2-c2cccc(F)c2)C(C)(C)C)co1. The molecule has 0 aliphatic heterocycles. The third-order valence-electron chi connectivity index (χ3n) is 4.82. The fraction of sp³-hybridized carbons (Fsp3) is 0.375. The molecule has 2 aromatic heterocycles. The number of halogens is 1. The number of oxazole rings is 1. The second-order valence-electron chi connectivity index (χ2n) is 8.71. The first-order chi connectivity index (χ1) is 16.1. The topological polar surface area (TPSA) is 103 Å². The molecule has 0 fully saturated rings. The van der Waals surface area contributed by atoms with Gasteiger partial charge in [-0.1, -0.05) is 12.1 Å². The minimum Gasteiger partial charge on any atom is -0.447 e. The number of anilines is 1. The standard InChI is InChI=1S/C24H26FN3O5S/c1-15(29)8-5-6-11-19-27-18(13-32-19)28(24(2,3)4)23(31)33-22(30)20-21(34-14-26-20)16-9-7-10-17(25)12-16/h7,9-10,12-14H,5-6,8,11H2,1-4H3. The molecule has 0 saturated carbocycles. The van der Waals surface area contributed by atoms with E-state index in [2.05, 4.69) is 9.97 Å². The lowest BCUT2D eigenvalue weighted by Crippen LogP contribution is -2.47. The van der Waals surface area contributed by atoms with Gasteiger partial charge >= 0.3 is 12.1 Å². The molecule has 3 rings (SSSR count). The first-order valence-corrected chi connectivity index (χ1v) is 11.6. The van der Waals surface area contributed by atoms with Gasteiger partial charge in [-0.2, -0.15) is 4.98 Å². The second-order valence-corrected chi connectivity index (χ2v) is 9.57. The first kappa shape index (κ1) is 25.2. The summed E-state index contributed by atoms with van der Waals surface area (Å²) in [7, 11) is 0. The van der Waals surface area contributed by atoms with Crippen molar-refractivity contribution in [3.63, 3.8) is 0 Å². The Balaban J connectivity index is 1.75. The zero-order chi connectivity index (χ0) is 24.9. The van der Waals surface area contributed by atoms with Crippen molar-refractivity contribution in [1.82, 2.24) is 9.97 Å². The van der Waals surface area contributed by atoms with E-state index in [1.165, 1.54) is 34.9 Å². The van der Waals surface area contributed by atoms with Crippen LogP contribution < -0.4 is 4.90 Å². The number of ether oxygens (including phenoxy) is 1. The van der Waals surface area contributed by atoms with E-state index in [0.717, 1.165) is 11.3 Å². The first-order valence-electron chi connectivity index (χ1n) is 10.8. The van der Waals surface area contributed by atoms with Crippen LogP contribution in [0.5, 0.6) is 0 Å². The van der Waals surface area contributed by atoms with Crippen molar-refractivity contribution < 1.29 is 27.9 Å². The summed E-state index contributed by atoms with van der Waals surface area (Å²) in [4.78, 5) is 46.9. The molecule has 34 heavy (non-hydrogen) atoms. The van der Waals surface area contributed by atoms with Gasteiger partial charge in [0.15, 0.2) is 17.4 Å². The molecule has 1 amide bonds. The number of benzene rings is 1. The van der Waals surface area contributed by atoms with Crippen LogP contribution in [0.2, 0.25) is 0 Å². The lowest BCUT2D eigenvalue weighted by molar-refractivity contribution is -0.117. The summed E-state index contributed by atoms with van der Waals surface area (Å²) < 4.78 is 24.3. The van der Waals surface area contributed by atoms with Crippen molar-refractivity contribution >= 4 is 35.0 Å². The van der Waals surface area contributed by atoms with E-state index in [9.17, 15) is 18.8 Å². The van der Waals surface area contributed by atoms with E-state index in [1.54, 1.807) is 33.8 Å². The number of carbonyl (C=O) groups excluding carboxylic acids is 3. The summed E-state index contributed by atoms with van der Waals surface area (Å²) in [6, 6.07) is 5.74. The maximum absolute atomic E-state index is 13.6. The Labute approximate surface area is 200 Å². The van der Waals surface area contributed by atoms with Crippen LogP contribution >= 0.6 is 11.3 Å². The Bertz CT molecular complexity index is 1180. The van der Waals surface area contributed by atoms with Crippen molar-refractivity contribution in [3.8, 4) is 10.4 Å².